The Bertz CT molecular complexity index is 624. The number of nitrogens with zero attached hydrogens (tertiary/aromatic N) is 3. The zero-order valence-corrected chi connectivity index (χ0v) is 12.4. The van der Waals surface area contributed by atoms with Crippen LogP contribution in [0.3, 0.4) is 0 Å². The molecule has 1 heterocycles. The summed E-state index contributed by atoms with van der Waals surface area (Å²) in [6.07, 6.45) is 1.31. The van der Waals surface area contributed by atoms with E-state index < -0.39 is 0 Å². The van der Waals surface area contributed by atoms with Gasteiger partial charge in [0.05, 0.1) is 19.3 Å². The van der Waals surface area contributed by atoms with Crippen LogP contribution in [-0.4, -0.2) is 42.4 Å². The van der Waals surface area contributed by atoms with E-state index in [2.05, 4.69) is 15.0 Å². The van der Waals surface area contributed by atoms with E-state index in [1.54, 1.807) is 26.4 Å². The third kappa shape index (κ3) is 3.50. The molecule has 0 aliphatic rings. The molecule has 0 radical (unpaired) electrons. The number of nitrogens with two attached hydrogens (primary N) is 1. The largest absolute Gasteiger partial charge is 0.493 e. The number of hydrogen-bond donors (Lipinski definition) is 1. The summed E-state index contributed by atoms with van der Waals surface area (Å²) in [5, 5.41) is 0.0741. The first kappa shape index (κ1) is 15.3. The molecule has 2 N–H and O–H groups in total. The Labute approximate surface area is 127 Å². The Balaban J connectivity index is 2.51. The second-order valence-corrected chi connectivity index (χ2v) is 4.32. The smallest absolute Gasteiger partial charge is 0.225 e. The molecule has 21 heavy (non-hydrogen) atoms. The van der Waals surface area contributed by atoms with Crippen LogP contribution < -0.4 is 15.2 Å². The highest BCUT2D eigenvalue weighted by atomic mass is 35.5. The zero-order chi connectivity index (χ0) is 15.2. The van der Waals surface area contributed by atoms with Crippen LogP contribution in [0.4, 0.5) is 5.69 Å². The topological polar surface area (TPSA) is 92.4 Å². The molecule has 2 rings (SSSR count). The minimum Gasteiger partial charge on any atom is -0.493 e. The maximum atomic E-state index is 6.02. The van der Waals surface area contributed by atoms with E-state index in [0.717, 1.165) is 0 Å². The minimum atomic E-state index is 0.0741. The van der Waals surface area contributed by atoms with Crippen LogP contribution in [0, 0.1) is 0 Å². The first-order chi connectivity index (χ1) is 10.2. The molecule has 2 aromatic rings. The number of ether oxygens (including phenoxy) is 3. The van der Waals surface area contributed by atoms with Gasteiger partial charge >= 0.3 is 0 Å². The summed E-state index contributed by atoms with van der Waals surface area (Å²) in [6.45, 7) is 0.761. The standard InChI is InChI=1S/C13H15ClN4O3/c1-19-5-6-21-11-9(20-2)4-3-8(15)10(11)12-16-7-17-13(14)18-12/h3-4,7H,5-6,15H2,1-2H3. The van der Waals surface area contributed by atoms with Gasteiger partial charge in [-0.05, 0) is 23.7 Å². The molecule has 112 valence electrons. The van der Waals surface area contributed by atoms with Crippen molar-refractivity contribution in [1.82, 2.24) is 15.0 Å². The Hall–Kier alpha value is -2.12. The average Bonchev–Trinajstić information content (AvgIpc) is 2.48. The molecule has 1 aromatic carbocycles. The van der Waals surface area contributed by atoms with Crippen molar-refractivity contribution in [2.45, 2.75) is 0 Å². The van der Waals surface area contributed by atoms with Gasteiger partial charge < -0.3 is 19.9 Å². The van der Waals surface area contributed by atoms with Crippen LogP contribution in [0.5, 0.6) is 11.5 Å². The summed E-state index contributed by atoms with van der Waals surface area (Å²) >= 11 is 5.80. The van der Waals surface area contributed by atoms with Crippen LogP contribution in [0.15, 0.2) is 18.5 Å². The number of anilines is 1. The van der Waals surface area contributed by atoms with Crippen molar-refractivity contribution < 1.29 is 14.2 Å². The number of halogens is 1. The molecule has 1 aromatic heterocycles. The van der Waals surface area contributed by atoms with E-state index in [4.69, 9.17) is 31.5 Å². The molecule has 0 saturated carbocycles. The van der Waals surface area contributed by atoms with Gasteiger partial charge in [0.15, 0.2) is 17.3 Å². The van der Waals surface area contributed by atoms with Crippen molar-refractivity contribution in [1.29, 1.82) is 0 Å². The number of aromatic nitrogens is 3. The minimum absolute atomic E-state index is 0.0741. The zero-order valence-electron chi connectivity index (χ0n) is 11.7. The highest BCUT2D eigenvalue weighted by Gasteiger charge is 2.19. The Morgan fingerprint density at radius 1 is 1.19 bits per heavy atom. The monoisotopic (exact) mass is 310 g/mol. The maximum absolute atomic E-state index is 6.02. The van der Waals surface area contributed by atoms with Gasteiger partial charge in [0, 0.05) is 12.8 Å². The third-order valence-electron chi connectivity index (χ3n) is 2.67. The van der Waals surface area contributed by atoms with Gasteiger partial charge in [0.1, 0.15) is 12.9 Å². The van der Waals surface area contributed by atoms with Gasteiger partial charge in [-0.3, -0.25) is 0 Å². The molecule has 0 aliphatic carbocycles. The van der Waals surface area contributed by atoms with Crippen LogP contribution >= 0.6 is 11.6 Å². The summed E-state index contributed by atoms with van der Waals surface area (Å²) in [6, 6.07) is 3.40. The van der Waals surface area contributed by atoms with Gasteiger partial charge in [0.25, 0.3) is 0 Å². The van der Waals surface area contributed by atoms with Crippen molar-refractivity contribution in [3.8, 4) is 22.9 Å². The van der Waals surface area contributed by atoms with Gasteiger partial charge in [-0.1, -0.05) is 0 Å². The lowest BCUT2D eigenvalue weighted by atomic mass is 10.1. The number of benzene rings is 1. The molecular weight excluding hydrogens is 296 g/mol. The quantitative estimate of drug-likeness (QED) is 0.642. The third-order valence-corrected chi connectivity index (χ3v) is 2.86. The lowest BCUT2D eigenvalue weighted by molar-refractivity contribution is 0.144. The van der Waals surface area contributed by atoms with Crippen molar-refractivity contribution in [2.75, 3.05) is 33.2 Å². The Kier molecular flexibility index (Phi) is 5.13. The number of nitrogen functional groups attached to an aromatic ring is 1. The molecule has 0 saturated heterocycles. The van der Waals surface area contributed by atoms with Crippen molar-refractivity contribution >= 4 is 17.3 Å². The molecule has 0 amide bonds. The molecule has 0 unspecified atom stereocenters. The maximum Gasteiger partial charge on any atom is 0.225 e. The summed E-state index contributed by atoms with van der Waals surface area (Å²) < 4.78 is 16.0. The van der Waals surface area contributed by atoms with Crippen molar-refractivity contribution in [3.05, 3.63) is 23.7 Å². The van der Waals surface area contributed by atoms with E-state index >= 15 is 0 Å². The van der Waals surface area contributed by atoms with Gasteiger partial charge in [-0.2, -0.15) is 4.98 Å². The summed E-state index contributed by atoms with van der Waals surface area (Å²) in [5.41, 5.74) is 6.98. The highest BCUT2D eigenvalue weighted by Crippen LogP contribution is 2.40. The normalized spacial score (nSPS) is 10.4. The molecule has 0 spiro atoms. The second-order valence-electron chi connectivity index (χ2n) is 3.98. The fraction of sp³-hybridized carbons (Fsp3) is 0.308. The fourth-order valence-corrected chi connectivity index (χ4v) is 1.86. The fourth-order valence-electron chi connectivity index (χ4n) is 1.74. The molecule has 0 atom stereocenters. The predicted octanol–water partition coefficient (Wildman–Crippen LogP) is 1.81. The van der Waals surface area contributed by atoms with E-state index in [-0.39, 0.29) is 5.28 Å². The van der Waals surface area contributed by atoms with Crippen LogP contribution in [-0.2, 0) is 4.74 Å². The van der Waals surface area contributed by atoms with Gasteiger partial charge in [0.2, 0.25) is 5.28 Å². The van der Waals surface area contributed by atoms with E-state index in [1.165, 1.54) is 6.33 Å². The molecule has 7 nitrogen and oxygen atoms in total. The van der Waals surface area contributed by atoms with Crippen LogP contribution in [0.1, 0.15) is 0 Å². The van der Waals surface area contributed by atoms with Crippen molar-refractivity contribution in [3.63, 3.8) is 0 Å². The highest BCUT2D eigenvalue weighted by molar-refractivity contribution is 6.28. The Morgan fingerprint density at radius 2 is 2.00 bits per heavy atom. The number of rotatable bonds is 6. The van der Waals surface area contributed by atoms with Crippen molar-refractivity contribution in [2.24, 2.45) is 0 Å². The van der Waals surface area contributed by atoms with Crippen LogP contribution in [0.25, 0.3) is 11.4 Å². The van der Waals surface area contributed by atoms with Gasteiger partial charge in [-0.15, -0.1) is 0 Å². The lowest BCUT2D eigenvalue weighted by Gasteiger charge is -2.16. The Morgan fingerprint density at radius 3 is 2.67 bits per heavy atom. The van der Waals surface area contributed by atoms with E-state index in [9.17, 15) is 0 Å². The first-order valence-electron chi connectivity index (χ1n) is 6.10. The van der Waals surface area contributed by atoms with E-state index in [1.807, 2.05) is 0 Å². The summed E-state index contributed by atoms with van der Waals surface area (Å²) in [7, 11) is 3.13. The van der Waals surface area contributed by atoms with Crippen LogP contribution in [0.2, 0.25) is 5.28 Å². The average molecular weight is 311 g/mol. The SMILES string of the molecule is COCCOc1c(OC)ccc(N)c1-c1ncnc(Cl)n1. The number of methoxy groups -OCH3 is 2. The first-order valence-corrected chi connectivity index (χ1v) is 6.48. The van der Waals surface area contributed by atoms with E-state index in [0.29, 0.717) is 41.8 Å². The lowest BCUT2D eigenvalue weighted by Crippen LogP contribution is -2.08. The summed E-state index contributed by atoms with van der Waals surface area (Å²) in [4.78, 5) is 11.9. The van der Waals surface area contributed by atoms with Gasteiger partial charge in [-0.25, -0.2) is 9.97 Å². The molecule has 0 aliphatic heterocycles. The second kappa shape index (κ2) is 7.05. The molecular formula is C13H15ClN4O3. The molecule has 8 heteroatoms. The number of hydrogen-bond acceptors (Lipinski definition) is 7. The molecule has 0 bridgehead atoms. The predicted molar refractivity (Wildman–Crippen MR) is 78.6 cm³/mol. The molecule has 0 fully saturated rings. The summed E-state index contributed by atoms with van der Waals surface area (Å²) in [5.74, 6) is 1.28.